The molecule has 0 bridgehead atoms. The Bertz CT molecular complexity index is 408. The lowest BCUT2D eigenvalue weighted by atomic mass is 10.1. The van der Waals surface area contributed by atoms with Crippen molar-refractivity contribution in [1.82, 2.24) is 4.90 Å². The number of halogens is 3. The Balaban J connectivity index is 3.08. The molecule has 0 spiro atoms. The average Bonchev–Trinajstić information content (AvgIpc) is 2.27. The highest BCUT2D eigenvalue weighted by Crippen LogP contribution is 2.17. The molecule has 0 aliphatic heterocycles. The van der Waals surface area contributed by atoms with Crippen molar-refractivity contribution < 1.29 is 18.0 Å². The normalized spacial score (nSPS) is 10.5. The minimum atomic E-state index is -1.20. The fraction of sp³-hybridized carbons (Fsp3) is 0.417. The zero-order valence-corrected chi connectivity index (χ0v) is 10.0. The van der Waals surface area contributed by atoms with E-state index in [1.54, 1.807) is 0 Å². The second-order valence-electron chi connectivity index (χ2n) is 3.83. The van der Waals surface area contributed by atoms with Gasteiger partial charge in [0.15, 0.2) is 0 Å². The molecule has 0 aromatic heterocycles. The van der Waals surface area contributed by atoms with Gasteiger partial charge in [-0.15, -0.1) is 0 Å². The fourth-order valence-corrected chi connectivity index (χ4v) is 1.65. The van der Waals surface area contributed by atoms with Crippen LogP contribution in [0.2, 0.25) is 0 Å². The number of carbonyl (C=O) groups excluding carboxylic acids is 1. The van der Waals surface area contributed by atoms with E-state index < -0.39 is 28.9 Å². The number of rotatable bonds is 5. The third kappa shape index (κ3) is 3.22. The second-order valence-corrected chi connectivity index (χ2v) is 3.83. The largest absolute Gasteiger partial charge is 0.337 e. The van der Waals surface area contributed by atoms with Crippen LogP contribution in [0.3, 0.4) is 0 Å². The van der Waals surface area contributed by atoms with E-state index >= 15 is 0 Å². The Morgan fingerprint density at radius 2 is 1.78 bits per heavy atom. The highest BCUT2D eigenvalue weighted by atomic mass is 19.1. The zero-order valence-electron chi connectivity index (χ0n) is 10.0. The van der Waals surface area contributed by atoms with E-state index in [4.69, 9.17) is 5.73 Å². The molecule has 1 rings (SSSR count). The van der Waals surface area contributed by atoms with E-state index in [1.165, 1.54) is 4.90 Å². The van der Waals surface area contributed by atoms with E-state index in [0.717, 1.165) is 0 Å². The molecule has 0 radical (unpaired) electrons. The molecule has 0 heterocycles. The summed E-state index contributed by atoms with van der Waals surface area (Å²) in [6.07, 6.45) is 0.635. The van der Waals surface area contributed by atoms with Crippen molar-refractivity contribution in [1.29, 1.82) is 0 Å². The van der Waals surface area contributed by atoms with Gasteiger partial charge in [0.05, 0.1) is 0 Å². The maximum atomic E-state index is 13.4. The summed E-state index contributed by atoms with van der Waals surface area (Å²) in [5.41, 5.74) is 4.60. The summed E-state index contributed by atoms with van der Waals surface area (Å²) in [7, 11) is 0. The van der Waals surface area contributed by atoms with Gasteiger partial charge in [0.1, 0.15) is 23.0 Å². The van der Waals surface area contributed by atoms with E-state index in [-0.39, 0.29) is 13.1 Å². The van der Waals surface area contributed by atoms with Crippen LogP contribution in [-0.2, 0) is 0 Å². The van der Waals surface area contributed by atoms with Gasteiger partial charge < -0.3 is 10.6 Å². The molecule has 0 fully saturated rings. The Hall–Kier alpha value is -1.56. The van der Waals surface area contributed by atoms with Crippen LogP contribution in [0.5, 0.6) is 0 Å². The number of nitrogens with zero attached hydrogens (tertiary/aromatic N) is 1. The molecule has 1 aromatic rings. The predicted molar refractivity (Wildman–Crippen MR) is 61.6 cm³/mol. The molecular weight excluding hydrogens is 245 g/mol. The van der Waals surface area contributed by atoms with Gasteiger partial charge in [-0.3, -0.25) is 4.79 Å². The van der Waals surface area contributed by atoms with E-state index in [2.05, 4.69) is 0 Å². The van der Waals surface area contributed by atoms with Crippen molar-refractivity contribution in [3.8, 4) is 0 Å². The highest BCUT2D eigenvalue weighted by molar-refractivity contribution is 5.94. The van der Waals surface area contributed by atoms with E-state index in [1.807, 2.05) is 6.92 Å². The lowest BCUT2D eigenvalue weighted by Gasteiger charge is -2.21. The van der Waals surface area contributed by atoms with Crippen LogP contribution in [0.15, 0.2) is 12.1 Å². The fourth-order valence-electron chi connectivity index (χ4n) is 1.65. The molecule has 100 valence electrons. The maximum Gasteiger partial charge on any atom is 0.259 e. The molecule has 2 N–H and O–H groups in total. The molecule has 0 aliphatic carbocycles. The number of amides is 1. The molecule has 1 amide bonds. The summed E-state index contributed by atoms with van der Waals surface area (Å²) < 4.78 is 39.6. The van der Waals surface area contributed by atoms with Crippen molar-refractivity contribution in [2.75, 3.05) is 19.6 Å². The lowest BCUT2D eigenvalue weighted by molar-refractivity contribution is 0.0750. The molecule has 0 aliphatic rings. The summed E-state index contributed by atoms with van der Waals surface area (Å²) in [5, 5.41) is 0. The average molecular weight is 260 g/mol. The quantitative estimate of drug-likeness (QED) is 0.879. The van der Waals surface area contributed by atoms with Gasteiger partial charge in [-0.2, -0.15) is 0 Å². The van der Waals surface area contributed by atoms with Gasteiger partial charge >= 0.3 is 0 Å². The summed E-state index contributed by atoms with van der Waals surface area (Å²) >= 11 is 0. The molecule has 0 saturated carbocycles. The van der Waals surface area contributed by atoms with Crippen LogP contribution in [0.4, 0.5) is 13.2 Å². The number of hydrogen-bond acceptors (Lipinski definition) is 2. The standard InChI is InChI=1S/C12H15F3N2O/c1-2-4-17(5-3-16)12(18)11-9(14)6-8(13)7-10(11)15/h6-7H,2-5,16H2,1H3. The molecular formula is C12H15F3N2O. The van der Waals surface area contributed by atoms with Crippen molar-refractivity contribution in [3.05, 3.63) is 35.1 Å². The van der Waals surface area contributed by atoms with Crippen molar-refractivity contribution in [3.63, 3.8) is 0 Å². The first-order valence-corrected chi connectivity index (χ1v) is 5.65. The third-order valence-corrected chi connectivity index (χ3v) is 2.40. The van der Waals surface area contributed by atoms with Crippen molar-refractivity contribution >= 4 is 5.91 Å². The van der Waals surface area contributed by atoms with E-state index in [0.29, 0.717) is 25.1 Å². The summed E-state index contributed by atoms with van der Waals surface area (Å²) in [4.78, 5) is 13.2. The van der Waals surface area contributed by atoms with Gasteiger partial charge in [-0.25, -0.2) is 13.2 Å². The minimum Gasteiger partial charge on any atom is -0.337 e. The molecule has 18 heavy (non-hydrogen) atoms. The molecule has 1 aromatic carbocycles. The first-order valence-electron chi connectivity index (χ1n) is 5.65. The van der Waals surface area contributed by atoms with Crippen molar-refractivity contribution in [2.24, 2.45) is 5.73 Å². The smallest absolute Gasteiger partial charge is 0.259 e. The summed E-state index contributed by atoms with van der Waals surface area (Å²) in [6, 6.07) is 0.978. The van der Waals surface area contributed by atoms with Crippen molar-refractivity contribution in [2.45, 2.75) is 13.3 Å². The highest BCUT2D eigenvalue weighted by Gasteiger charge is 2.23. The molecule has 0 atom stereocenters. The molecule has 6 heteroatoms. The van der Waals surface area contributed by atoms with Crippen LogP contribution >= 0.6 is 0 Å². The van der Waals surface area contributed by atoms with Crippen LogP contribution in [-0.4, -0.2) is 30.4 Å². The predicted octanol–water partition coefficient (Wildman–Crippen LogP) is 1.91. The third-order valence-electron chi connectivity index (χ3n) is 2.40. The number of nitrogens with two attached hydrogens (primary N) is 1. The minimum absolute atomic E-state index is 0.191. The maximum absolute atomic E-state index is 13.4. The van der Waals surface area contributed by atoms with Gasteiger partial charge in [-0.1, -0.05) is 6.92 Å². The van der Waals surface area contributed by atoms with Crippen LogP contribution in [0.25, 0.3) is 0 Å². The SMILES string of the molecule is CCCN(CCN)C(=O)c1c(F)cc(F)cc1F. The van der Waals surface area contributed by atoms with Gasteiger partial charge in [-0.05, 0) is 6.42 Å². The molecule has 0 saturated heterocycles. The van der Waals surface area contributed by atoms with Gasteiger partial charge in [0, 0.05) is 31.8 Å². The first kappa shape index (κ1) is 14.5. The topological polar surface area (TPSA) is 46.3 Å². The van der Waals surface area contributed by atoms with Gasteiger partial charge in [0.2, 0.25) is 0 Å². The Morgan fingerprint density at radius 1 is 1.22 bits per heavy atom. The van der Waals surface area contributed by atoms with Crippen LogP contribution in [0.1, 0.15) is 23.7 Å². The Labute approximate surface area is 103 Å². The lowest BCUT2D eigenvalue weighted by Crippen LogP contribution is -2.37. The number of hydrogen-bond donors (Lipinski definition) is 1. The summed E-state index contributed by atoms with van der Waals surface area (Å²) in [6.45, 7) is 2.56. The Morgan fingerprint density at radius 3 is 2.22 bits per heavy atom. The zero-order chi connectivity index (χ0) is 13.7. The Kier molecular flexibility index (Phi) is 5.15. The first-order chi connectivity index (χ1) is 8.51. The molecule has 3 nitrogen and oxygen atoms in total. The second kappa shape index (κ2) is 6.39. The van der Waals surface area contributed by atoms with Gasteiger partial charge in [0.25, 0.3) is 5.91 Å². The summed E-state index contributed by atoms with van der Waals surface area (Å²) in [5.74, 6) is -4.26. The number of carbonyl (C=O) groups is 1. The molecule has 0 unspecified atom stereocenters. The number of benzene rings is 1. The van der Waals surface area contributed by atoms with E-state index in [9.17, 15) is 18.0 Å². The van der Waals surface area contributed by atoms with Crippen LogP contribution in [0, 0.1) is 17.5 Å². The monoisotopic (exact) mass is 260 g/mol. The van der Waals surface area contributed by atoms with Crippen LogP contribution < -0.4 is 5.73 Å².